The van der Waals surface area contributed by atoms with Crippen LogP contribution in [0.25, 0.3) is 0 Å². The summed E-state index contributed by atoms with van der Waals surface area (Å²) in [7, 11) is 1.27. The van der Waals surface area contributed by atoms with Gasteiger partial charge < -0.3 is 9.64 Å². The van der Waals surface area contributed by atoms with Gasteiger partial charge in [0.1, 0.15) is 11.1 Å². The predicted molar refractivity (Wildman–Crippen MR) is 74.2 cm³/mol. The average Bonchev–Trinajstić information content (AvgIpc) is 2.94. The van der Waals surface area contributed by atoms with E-state index in [1.54, 1.807) is 0 Å². The smallest absolute Gasteiger partial charge is 0.328 e. The van der Waals surface area contributed by atoms with Gasteiger partial charge in [0.15, 0.2) is 0 Å². The topological polar surface area (TPSA) is 89.8 Å². The fourth-order valence-electron chi connectivity index (χ4n) is 2.34. The number of hydrogen-bond acceptors (Lipinski definition) is 5. The zero-order valence-electron chi connectivity index (χ0n) is 11.2. The van der Waals surface area contributed by atoms with E-state index in [0.29, 0.717) is 19.4 Å². The van der Waals surface area contributed by atoms with Crippen molar-refractivity contribution in [3.05, 3.63) is 38.9 Å². The van der Waals surface area contributed by atoms with Crippen molar-refractivity contribution in [2.45, 2.75) is 18.9 Å². The maximum Gasteiger partial charge on any atom is 0.328 e. The molecule has 1 heterocycles. The first-order valence-corrected chi connectivity index (χ1v) is 6.66. The first-order chi connectivity index (χ1) is 9.95. The lowest BCUT2D eigenvalue weighted by Gasteiger charge is -2.22. The minimum absolute atomic E-state index is 0.111. The van der Waals surface area contributed by atoms with Gasteiger partial charge in [-0.05, 0) is 25.0 Å². The molecule has 0 spiro atoms. The minimum Gasteiger partial charge on any atom is -0.467 e. The second-order valence-electron chi connectivity index (χ2n) is 4.60. The second-order valence-corrected chi connectivity index (χ2v) is 5.01. The van der Waals surface area contributed by atoms with Crippen LogP contribution >= 0.6 is 11.6 Å². The molecule has 1 saturated heterocycles. The van der Waals surface area contributed by atoms with Crippen LogP contribution in [0.4, 0.5) is 5.69 Å². The van der Waals surface area contributed by atoms with E-state index in [9.17, 15) is 19.7 Å². The van der Waals surface area contributed by atoms with Gasteiger partial charge in [0, 0.05) is 18.2 Å². The third-order valence-electron chi connectivity index (χ3n) is 3.38. The predicted octanol–water partition coefficient (Wildman–Crippen LogP) is 2.03. The van der Waals surface area contributed by atoms with Crippen molar-refractivity contribution >= 4 is 29.2 Å². The summed E-state index contributed by atoms with van der Waals surface area (Å²) in [6.45, 7) is 0.438. The second kappa shape index (κ2) is 6.09. The van der Waals surface area contributed by atoms with Gasteiger partial charge >= 0.3 is 5.97 Å². The van der Waals surface area contributed by atoms with Gasteiger partial charge in [-0.2, -0.15) is 0 Å². The van der Waals surface area contributed by atoms with E-state index < -0.39 is 16.9 Å². The molecule has 1 atom stereocenters. The number of carbonyl (C=O) groups is 2. The van der Waals surface area contributed by atoms with E-state index in [0.717, 1.165) is 0 Å². The molecule has 21 heavy (non-hydrogen) atoms. The molecule has 0 N–H and O–H groups in total. The summed E-state index contributed by atoms with van der Waals surface area (Å²) >= 11 is 5.80. The van der Waals surface area contributed by atoms with Crippen LogP contribution in [0.3, 0.4) is 0 Å². The number of ether oxygens (including phenoxy) is 1. The van der Waals surface area contributed by atoms with Crippen LogP contribution in [-0.2, 0) is 9.53 Å². The summed E-state index contributed by atoms with van der Waals surface area (Å²) < 4.78 is 4.68. The summed E-state index contributed by atoms with van der Waals surface area (Å²) in [6, 6.07) is 3.14. The van der Waals surface area contributed by atoms with Crippen LogP contribution in [0.15, 0.2) is 18.2 Å². The lowest BCUT2D eigenvalue weighted by atomic mass is 10.1. The first-order valence-electron chi connectivity index (χ1n) is 6.28. The number of benzene rings is 1. The Bertz CT molecular complexity index is 604. The molecule has 1 aromatic carbocycles. The lowest BCUT2D eigenvalue weighted by molar-refractivity contribution is -0.384. The summed E-state index contributed by atoms with van der Waals surface area (Å²) in [6.07, 6.45) is 1.24. The number of nitro groups is 1. The highest BCUT2D eigenvalue weighted by molar-refractivity contribution is 6.33. The third-order valence-corrected chi connectivity index (χ3v) is 3.68. The monoisotopic (exact) mass is 312 g/mol. The number of esters is 1. The van der Waals surface area contributed by atoms with Gasteiger partial charge in [-0.25, -0.2) is 4.79 Å². The van der Waals surface area contributed by atoms with Crippen LogP contribution in [0.1, 0.15) is 23.2 Å². The molecule has 1 amide bonds. The Kier molecular flexibility index (Phi) is 4.42. The van der Waals surface area contributed by atoms with E-state index in [-0.39, 0.29) is 22.2 Å². The van der Waals surface area contributed by atoms with Crippen molar-refractivity contribution in [2.75, 3.05) is 13.7 Å². The Morgan fingerprint density at radius 1 is 1.48 bits per heavy atom. The van der Waals surface area contributed by atoms with Crippen LogP contribution in [0, 0.1) is 10.1 Å². The number of halogens is 1. The molecule has 1 aliphatic heterocycles. The Balaban J connectivity index is 2.25. The maximum absolute atomic E-state index is 12.4. The van der Waals surface area contributed by atoms with Crippen molar-refractivity contribution in [3.8, 4) is 0 Å². The number of amides is 1. The van der Waals surface area contributed by atoms with Gasteiger partial charge in [-0.15, -0.1) is 0 Å². The van der Waals surface area contributed by atoms with E-state index in [1.165, 1.54) is 30.2 Å². The summed E-state index contributed by atoms with van der Waals surface area (Å²) in [5, 5.41) is 10.6. The number of rotatable bonds is 3. The Morgan fingerprint density at radius 3 is 2.76 bits per heavy atom. The zero-order chi connectivity index (χ0) is 15.6. The summed E-state index contributed by atoms with van der Waals surface area (Å²) in [5.41, 5.74) is -0.0550. The highest BCUT2D eigenvalue weighted by Crippen LogP contribution is 2.27. The van der Waals surface area contributed by atoms with E-state index >= 15 is 0 Å². The lowest BCUT2D eigenvalue weighted by Crippen LogP contribution is -2.41. The molecule has 1 aliphatic rings. The molecule has 0 aliphatic carbocycles. The quantitative estimate of drug-likeness (QED) is 0.484. The van der Waals surface area contributed by atoms with Crippen LogP contribution in [0.5, 0.6) is 0 Å². The molecule has 2 rings (SSSR count). The SMILES string of the molecule is COC(=O)C1CCCN1C(=O)c1ccc([N+](=O)[O-])c(Cl)c1. The van der Waals surface area contributed by atoms with E-state index in [4.69, 9.17) is 11.6 Å². The largest absolute Gasteiger partial charge is 0.467 e. The van der Waals surface area contributed by atoms with Crippen molar-refractivity contribution < 1.29 is 19.2 Å². The standard InChI is InChI=1S/C13H13ClN2O5/c1-21-13(18)11-3-2-6-15(11)12(17)8-4-5-10(16(19)20)9(14)7-8/h4-5,7,11H,2-3,6H2,1H3. The number of methoxy groups -OCH3 is 1. The number of nitrogens with zero attached hydrogens (tertiary/aromatic N) is 2. The molecule has 0 bridgehead atoms. The normalized spacial score (nSPS) is 17.6. The minimum atomic E-state index is -0.621. The van der Waals surface area contributed by atoms with Crippen molar-refractivity contribution in [2.24, 2.45) is 0 Å². The van der Waals surface area contributed by atoms with Crippen LogP contribution in [-0.4, -0.2) is 41.4 Å². The highest BCUT2D eigenvalue weighted by Gasteiger charge is 2.35. The van der Waals surface area contributed by atoms with Crippen molar-refractivity contribution in [1.82, 2.24) is 4.90 Å². The number of hydrogen-bond donors (Lipinski definition) is 0. The first kappa shape index (κ1) is 15.2. The molecule has 8 heteroatoms. The molecular weight excluding hydrogens is 300 g/mol. The Labute approximate surface area is 125 Å². The maximum atomic E-state index is 12.4. The molecular formula is C13H13ClN2O5. The van der Waals surface area contributed by atoms with Crippen molar-refractivity contribution in [1.29, 1.82) is 0 Å². The Hall–Kier alpha value is -2.15. The molecule has 0 saturated carbocycles. The van der Waals surface area contributed by atoms with Gasteiger partial charge in [0.2, 0.25) is 0 Å². The molecule has 7 nitrogen and oxygen atoms in total. The van der Waals surface area contributed by atoms with Crippen LogP contribution in [0.2, 0.25) is 5.02 Å². The number of nitro benzene ring substituents is 1. The molecule has 1 unspecified atom stereocenters. The van der Waals surface area contributed by atoms with Gasteiger partial charge in [-0.3, -0.25) is 14.9 Å². The summed E-state index contributed by atoms with van der Waals surface area (Å²) in [5.74, 6) is -0.853. The highest BCUT2D eigenvalue weighted by atomic mass is 35.5. The Morgan fingerprint density at radius 2 is 2.19 bits per heavy atom. The number of likely N-dealkylation sites (tertiary alicyclic amines) is 1. The van der Waals surface area contributed by atoms with E-state index in [1.807, 2.05) is 0 Å². The molecule has 0 radical (unpaired) electrons. The molecule has 1 aromatic rings. The van der Waals surface area contributed by atoms with Crippen molar-refractivity contribution in [3.63, 3.8) is 0 Å². The third kappa shape index (κ3) is 2.97. The average molecular weight is 313 g/mol. The number of carbonyl (C=O) groups excluding carboxylic acids is 2. The van der Waals surface area contributed by atoms with E-state index in [2.05, 4.69) is 4.74 Å². The fourth-order valence-corrected chi connectivity index (χ4v) is 2.59. The van der Waals surface area contributed by atoms with Crippen LogP contribution < -0.4 is 0 Å². The van der Waals surface area contributed by atoms with Gasteiger partial charge in [0.25, 0.3) is 11.6 Å². The molecule has 1 fully saturated rings. The molecule has 0 aromatic heterocycles. The molecule has 112 valence electrons. The van der Waals surface area contributed by atoms with Gasteiger partial charge in [-0.1, -0.05) is 11.6 Å². The van der Waals surface area contributed by atoms with Gasteiger partial charge in [0.05, 0.1) is 12.0 Å². The zero-order valence-corrected chi connectivity index (χ0v) is 12.0. The summed E-state index contributed by atoms with van der Waals surface area (Å²) in [4.78, 5) is 35.5. The fraction of sp³-hybridized carbons (Fsp3) is 0.385.